The number of aromatic hydroxyl groups is 16. The second kappa shape index (κ2) is 15.8. The molecule has 0 aliphatic rings. The molecule has 16 N–H and O–H groups in total. The van der Waals surface area contributed by atoms with Gasteiger partial charge in [0.15, 0.2) is 57.5 Å². The first-order valence-electron chi connectivity index (χ1n) is 17.5. The molecule has 63 heavy (non-hydrogen) atoms. The van der Waals surface area contributed by atoms with E-state index in [0.29, 0.717) is 6.07 Å². The third kappa shape index (κ3) is 8.31. The van der Waals surface area contributed by atoms with Gasteiger partial charge in [-0.05, 0) is 0 Å². The summed E-state index contributed by atoms with van der Waals surface area (Å²) in [7, 11) is 0. The predicted molar refractivity (Wildman–Crippen MR) is 211 cm³/mol. The number of phenolic OH excluding ortho intramolecular Hbond substituents is 16. The maximum Gasteiger partial charge on any atom is 0.211 e. The molecule has 7 aromatic rings. The van der Waals surface area contributed by atoms with Crippen LogP contribution in [0.5, 0.6) is 149 Å². The van der Waals surface area contributed by atoms with E-state index in [0.717, 1.165) is 78.9 Å². The highest BCUT2D eigenvalue weighted by Gasteiger charge is 2.28. The maximum atomic E-state index is 11.0. The molecular weight excluding hydrogens is 840 g/mol. The molecule has 7 rings (SSSR count). The number of benzene rings is 7. The second-order valence-electron chi connectivity index (χ2n) is 13.2. The summed E-state index contributed by atoms with van der Waals surface area (Å²) in [6.07, 6.45) is 0. The minimum atomic E-state index is -1.05. The van der Waals surface area contributed by atoms with E-state index in [1.165, 1.54) is 0 Å². The van der Waals surface area contributed by atoms with Gasteiger partial charge in [-0.3, -0.25) is 0 Å². The summed E-state index contributed by atoms with van der Waals surface area (Å²) in [6.45, 7) is 0. The van der Waals surface area contributed by atoms with Gasteiger partial charge in [0.2, 0.25) is 28.7 Å². The Bertz CT molecular complexity index is 2870. The molecule has 324 valence electrons. The Morgan fingerprint density at radius 2 is 0.524 bits per heavy atom. The highest BCUT2D eigenvalue weighted by Crippen LogP contribution is 2.56. The smallest absolute Gasteiger partial charge is 0.211 e. The van der Waals surface area contributed by atoms with Crippen molar-refractivity contribution in [3.8, 4) is 161 Å². The van der Waals surface area contributed by atoms with Gasteiger partial charge in [0.1, 0.15) is 63.2 Å². The molecule has 0 atom stereocenters. The van der Waals surface area contributed by atoms with Crippen molar-refractivity contribution in [1.82, 2.24) is 0 Å². The number of ether oxygens (including phenoxy) is 5. The summed E-state index contributed by atoms with van der Waals surface area (Å²) < 4.78 is 27.9. The van der Waals surface area contributed by atoms with Crippen molar-refractivity contribution < 1.29 is 105 Å². The minimum absolute atomic E-state index is 0.200. The first-order chi connectivity index (χ1) is 29.8. The van der Waals surface area contributed by atoms with Crippen LogP contribution in [0.15, 0.2) is 84.9 Å². The molecule has 0 spiro atoms. The third-order valence-corrected chi connectivity index (χ3v) is 8.59. The lowest BCUT2D eigenvalue weighted by Crippen LogP contribution is -1.95. The second-order valence-corrected chi connectivity index (χ2v) is 13.2. The van der Waals surface area contributed by atoms with Gasteiger partial charge in [-0.15, -0.1) is 0 Å². The van der Waals surface area contributed by atoms with Gasteiger partial charge in [-0.2, -0.15) is 0 Å². The summed E-state index contributed by atoms with van der Waals surface area (Å²) in [5.41, 5.74) is -1.23. The first kappa shape index (κ1) is 41.5. The van der Waals surface area contributed by atoms with Crippen LogP contribution in [0, 0.1) is 0 Å². The van der Waals surface area contributed by atoms with Gasteiger partial charge in [-0.25, -0.2) is 0 Å². The van der Waals surface area contributed by atoms with E-state index >= 15 is 0 Å². The van der Waals surface area contributed by atoms with Crippen LogP contribution in [0.4, 0.5) is 0 Å². The fourth-order valence-electron chi connectivity index (χ4n) is 6.00. The lowest BCUT2D eigenvalue weighted by Gasteiger charge is -2.18. The highest BCUT2D eigenvalue weighted by atomic mass is 16.5. The number of rotatable bonds is 11. The van der Waals surface area contributed by atoms with Crippen LogP contribution in [0.3, 0.4) is 0 Å². The first-order valence-corrected chi connectivity index (χ1v) is 17.5. The molecule has 0 saturated carbocycles. The molecule has 0 fully saturated rings. The maximum absolute atomic E-state index is 11.0. The Morgan fingerprint density at radius 1 is 0.222 bits per heavy atom. The van der Waals surface area contributed by atoms with Crippen LogP contribution in [0.1, 0.15) is 0 Å². The molecular formula is C42H30O21. The Hall–Kier alpha value is -9.66. The average molecular weight is 871 g/mol. The summed E-state index contributed by atoms with van der Waals surface area (Å²) in [5.74, 6) is -17.7. The van der Waals surface area contributed by atoms with Crippen molar-refractivity contribution in [3.05, 3.63) is 84.9 Å². The number of hydrogen-bond donors (Lipinski definition) is 16. The van der Waals surface area contributed by atoms with Crippen molar-refractivity contribution in [3.63, 3.8) is 0 Å². The third-order valence-electron chi connectivity index (χ3n) is 8.59. The SMILES string of the molecule is Oc1cc(O)cc(Oc2c(O)cc(O)cc2Oc2c(O)cc(Oc3c(O)cc(O)cc3Oc3c(O)cc(Oc4c(O)cc(O)c(-c5c(O)cc(O)cc5O)c4O)cc3O)cc2O)c1. The van der Waals surface area contributed by atoms with E-state index in [9.17, 15) is 81.7 Å². The van der Waals surface area contributed by atoms with E-state index in [4.69, 9.17) is 23.7 Å². The van der Waals surface area contributed by atoms with Crippen molar-refractivity contribution in [2.24, 2.45) is 0 Å². The van der Waals surface area contributed by atoms with E-state index in [-0.39, 0.29) is 5.75 Å². The lowest BCUT2D eigenvalue weighted by molar-refractivity contribution is 0.335. The van der Waals surface area contributed by atoms with Gasteiger partial charge >= 0.3 is 0 Å². The summed E-state index contributed by atoms with van der Waals surface area (Å²) in [6, 6.07) is 12.1. The van der Waals surface area contributed by atoms with Crippen molar-refractivity contribution in [2.75, 3.05) is 0 Å². The Morgan fingerprint density at radius 3 is 0.952 bits per heavy atom. The molecule has 0 bridgehead atoms. The summed E-state index contributed by atoms with van der Waals surface area (Å²) >= 11 is 0. The zero-order valence-corrected chi connectivity index (χ0v) is 31.3. The molecule has 0 aliphatic heterocycles. The van der Waals surface area contributed by atoms with Gasteiger partial charge in [0.25, 0.3) is 0 Å². The normalized spacial score (nSPS) is 10.9. The highest BCUT2D eigenvalue weighted by molar-refractivity contribution is 5.88. The van der Waals surface area contributed by atoms with Crippen LogP contribution in [0.2, 0.25) is 0 Å². The van der Waals surface area contributed by atoms with E-state index in [2.05, 4.69) is 0 Å². The molecule has 21 nitrogen and oxygen atoms in total. The van der Waals surface area contributed by atoms with Crippen LogP contribution >= 0.6 is 0 Å². The minimum Gasteiger partial charge on any atom is -0.508 e. The van der Waals surface area contributed by atoms with Crippen molar-refractivity contribution in [2.45, 2.75) is 0 Å². The van der Waals surface area contributed by atoms with E-state index in [1.54, 1.807) is 0 Å². The number of hydrogen-bond acceptors (Lipinski definition) is 21. The van der Waals surface area contributed by atoms with Gasteiger partial charge in [0, 0.05) is 84.9 Å². The molecule has 0 unspecified atom stereocenters. The largest absolute Gasteiger partial charge is 0.508 e. The molecule has 0 heterocycles. The van der Waals surface area contributed by atoms with Gasteiger partial charge in [0.05, 0.1) is 11.1 Å². The Kier molecular flexibility index (Phi) is 10.4. The molecule has 0 radical (unpaired) electrons. The Labute approximate surface area is 350 Å². The summed E-state index contributed by atoms with van der Waals surface area (Å²) in [4.78, 5) is 0. The topological polar surface area (TPSA) is 370 Å². The van der Waals surface area contributed by atoms with Crippen molar-refractivity contribution in [1.29, 1.82) is 0 Å². The molecule has 0 aromatic heterocycles. The fourth-order valence-corrected chi connectivity index (χ4v) is 6.00. The summed E-state index contributed by atoms with van der Waals surface area (Å²) in [5, 5.41) is 167. The molecule has 0 saturated heterocycles. The van der Waals surface area contributed by atoms with Crippen LogP contribution in [-0.4, -0.2) is 81.7 Å². The zero-order valence-electron chi connectivity index (χ0n) is 31.3. The van der Waals surface area contributed by atoms with Gasteiger partial charge in [-0.1, -0.05) is 0 Å². The van der Waals surface area contributed by atoms with E-state index < -0.39 is 155 Å². The molecule has 0 amide bonds. The van der Waals surface area contributed by atoms with Crippen LogP contribution in [-0.2, 0) is 0 Å². The van der Waals surface area contributed by atoms with Crippen LogP contribution < -0.4 is 23.7 Å². The predicted octanol–water partition coefficient (Wildman–Crippen LogP) is 7.60. The van der Waals surface area contributed by atoms with Crippen LogP contribution in [0.25, 0.3) is 11.1 Å². The standard InChI is InChI=1S/C42H30O21/c43-15-1-16(44)3-20(2-15)59-40-26(51)6-18(46)8-33(40)62-38-28(53)10-21(11-29(38)54)60-41-27(52)7-19(47)9-34(41)63-39-30(55)12-22(13-31(39)56)61-42-32(57)14-25(50)36(37(42)58)35-23(48)4-17(45)5-24(35)49/h1-14,43-58H. The molecule has 7 aromatic carbocycles. The monoisotopic (exact) mass is 870 g/mol. The average Bonchev–Trinajstić information content (AvgIpc) is 3.16. The Balaban J connectivity index is 1.16. The van der Waals surface area contributed by atoms with Crippen molar-refractivity contribution >= 4 is 0 Å². The molecule has 0 aliphatic carbocycles. The quantitative estimate of drug-likeness (QED) is 0.0594. The zero-order chi connectivity index (χ0) is 45.6. The molecule has 21 heteroatoms. The lowest BCUT2D eigenvalue weighted by atomic mass is 10.00. The van der Waals surface area contributed by atoms with Gasteiger partial charge < -0.3 is 105 Å². The number of phenols is 16. The fraction of sp³-hybridized carbons (Fsp3) is 0. The van der Waals surface area contributed by atoms with E-state index in [1.807, 2.05) is 0 Å².